The molecule has 1 aliphatic rings. The average Bonchev–Trinajstić information content (AvgIpc) is 3.51. The number of fused-ring (bicyclic) bond motifs is 1. The second-order valence-corrected chi connectivity index (χ2v) is 13.6. The fourth-order valence-corrected chi connectivity index (χ4v) is 6.92. The van der Waals surface area contributed by atoms with Crippen molar-refractivity contribution in [2.24, 2.45) is 0 Å². The summed E-state index contributed by atoms with van der Waals surface area (Å²) >= 11 is 6.40. The molecule has 5 atom stereocenters. The first-order valence-corrected chi connectivity index (χ1v) is 16.4. The van der Waals surface area contributed by atoms with Gasteiger partial charge in [-0.3, -0.25) is 0 Å². The summed E-state index contributed by atoms with van der Waals surface area (Å²) in [7, 11) is -3.85. The normalized spacial score (nSPS) is 24.5. The summed E-state index contributed by atoms with van der Waals surface area (Å²) in [5.41, 5.74) is -1.72. The van der Waals surface area contributed by atoms with Crippen LogP contribution in [0.25, 0.3) is 11.0 Å². The molecular weight excluding hydrogens is 602 g/mol. The van der Waals surface area contributed by atoms with Crippen LogP contribution in [0, 0.1) is 0 Å². The molecule has 0 bridgehead atoms. The fourth-order valence-electron chi connectivity index (χ4n) is 6.13. The molecule has 1 aliphatic heterocycles. The van der Waals surface area contributed by atoms with Crippen molar-refractivity contribution in [2.45, 2.75) is 54.1 Å². The lowest BCUT2D eigenvalue weighted by atomic mass is 9.71. The Labute approximate surface area is 260 Å². The summed E-state index contributed by atoms with van der Waals surface area (Å²) in [5, 5.41) is 37.2. The maximum Gasteiger partial charge on any atom is 0.250 e. The minimum Gasteiger partial charge on any atom is -0.390 e. The number of aliphatic hydroxyl groups is 3. The smallest absolute Gasteiger partial charge is 0.250 e. The summed E-state index contributed by atoms with van der Waals surface area (Å²) in [4.78, 5) is 8.25. The quantitative estimate of drug-likeness (QED) is 0.164. The van der Waals surface area contributed by atoms with E-state index >= 15 is 0 Å². The molecule has 0 amide bonds. The molecule has 11 heteroatoms. The number of hydrogen-bond donors (Lipinski definition) is 3. The maximum atomic E-state index is 12.9. The third-order valence-electron chi connectivity index (χ3n) is 8.26. The van der Waals surface area contributed by atoms with E-state index in [-0.39, 0.29) is 30.1 Å². The van der Waals surface area contributed by atoms with Crippen molar-refractivity contribution in [3.63, 3.8) is 0 Å². The monoisotopic (exact) mass is 633 g/mol. The number of hydrogen-bond acceptors (Lipinski definition) is 8. The minimum atomic E-state index is -3.85. The SMILES string of the molecule is CS(=O)(=O)c1nc(Cl)c2ccn([C@@H]3O[C@H](C(O)Cc4ccccc4)[C@](O)(Cc4ccccc4)[C@@]3(O)Cc3ccccc3)c2n1. The molecule has 1 saturated heterocycles. The maximum absolute atomic E-state index is 12.9. The Bertz CT molecular complexity index is 1870. The second-order valence-electron chi connectivity index (χ2n) is 11.4. The van der Waals surface area contributed by atoms with E-state index in [0.717, 1.165) is 17.4 Å². The van der Waals surface area contributed by atoms with E-state index in [9.17, 15) is 23.7 Å². The van der Waals surface area contributed by atoms with Gasteiger partial charge in [-0.1, -0.05) is 103 Å². The molecule has 3 heterocycles. The number of ether oxygens (including phenoxy) is 1. The lowest BCUT2D eigenvalue weighted by Crippen LogP contribution is -2.62. The van der Waals surface area contributed by atoms with Gasteiger partial charge in [0.2, 0.25) is 15.0 Å². The Balaban J connectivity index is 1.55. The first kappa shape index (κ1) is 30.4. The Morgan fingerprint density at radius 3 is 1.91 bits per heavy atom. The van der Waals surface area contributed by atoms with Crippen LogP contribution in [0.3, 0.4) is 0 Å². The number of aliphatic hydroxyl groups excluding tert-OH is 1. The largest absolute Gasteiger partial charge is 0.390 e. The summed E-state index contributed by atoms with van der Waals surface area (Å²) in [6.45, 7) is 0. The van der Waals surface area contributed by atoms with Crippen LogP contribution >= 0.6 is 11.6 Å². The molecule has 1 unspecified atom stereocenters. The van der Waals surface area contributed by atoms with E-state index in [4.69, 9.17) is 16.3 Å². The first-order chi connectivity index (χ1) is 21.0. The van der Waals surface area contributed by atoms with E-state index in [1.807, 2.05) is 91.0 Å². The van der Waals surface area contributed by atoms with E-state index < -0.39 is 44.6 Å². The highest BCUT2D eigenvalue weighted by Crippen LogP contribution is 2.51. The van der Waals surface area contributed by atoms with Crippen molar-refractivity contribution in [2.75, 3.05) is 6.26 Å². The zero-order valence-corrected chi connectivity index (χ0v) is 25.4. The molecule has 0 aliphatic carbocycles. The predicted molar refractivity (Wildman–Crippen MR) is 166 cm³/mol. The Kier molecular flexibility index (Phi) is 8.08. The van der Waals surface area contributed by atoms with E-state index in [0.29, 0.717) is 10.9 Å². The molecule has 5 aromatic rings. The van der Waals surface area contributed by atoms with Crippen LogP contribution in [0.4, 0.5) is 0 Å². The van der Waals surface area contributed by atoms with Crippen LogP contribution in [0.15, 0.2) is 108 Å². The molecule has 9 nitrogen and oxygen atoms in total. The Morgan fingerprint density at radius 2 is 1.36 bits per heavy atom. The predicted octanol–water partition coefficient (Wildman–Crippen LogP) is 3.94. The van der Waals surface area contributed by atoms with Gasteiger partial charge in [0.25, 0.3) is 0 Å². The van der Waals surface area contributed by atoms with Gasteiger partial charge in [0, 0.05) is 31.7 Å². The Morgan fingerprint density at radius 1 is 0.841 bits per heavy atom. The van der Waals surface area contributed by atoms with E-state index in [2.05, 4.69) is 9.97 Å². The van der Waals surface area contributed by atoms with Crippen molar-refractivity contribution in [1.82, 2.24) is 14.5 Å². The van der Waals surface area contributed by atoms with Gasteiger partial charge in [-0.15, -0.1) is 0 Å². The molecule has 1 fully saturated rings. The summed E-state index contributed by atoms with van der Waals surface area (Å²) in [6, 6.07) is 29.3. The van der Waals surface area contributed by atoms with Gasteiger partial charge in [0.1, 0.15) is 28.1 Å². The highest BCUT2D eigenvalue weighted by atomic mass is 35.5. The summed E-state index contributed by atoms with van der Waals surface area (Å²) in [5.74, 6) is 0. The average molecular weight is 634 g/mol. The second kappa shape index (κ2) is 11.7. The van der Waals surface area contributed by atoms with Gasteiger partial charge < -0.3 is 24.6 Å². The van der Waals surface area contributed by atoms with Gasteiger partial charge >= 0.3 is 0 Å². The minimum absolute atomic E-state index is 0.0479. The van der Waals surface area contributed by atoms with Crippen molar-refractivity contribution >= 4 is 32.5 Å². The fraction of sp³-hybridized carbons (Fsp3) is 0.273. The van der Waals surface area contributed by atoms with Gasteiger partial charge in [-0.05, 0) is 22.8 Å². The molecular formula is C33H32ClN3O6S. The molecule has 0 spiro atoms. The van der Waals surface area contributed by atoms with Crippen LogP contribution < -0.4 is 0 Å². The van der Waals surface area contributed by atoms with Crippen molar-refractivity contribution in [1.29, 1.82) is 0 Å². The first-order valence-electron chi connectivity index (χ1n) is 14.1. The van der Waals surface area contributed by atoms with Crippen LogP contribution in [0.2, 0.25) is 5.15 Å². The molecule has 3 N–H and O–H groups in total. The number of halogens is 1. The van der Waals surface area contributed by atoms with Gasteiger partial charge in [-0.25, -0.2) is 13.4 Å². The van der Waals surface area contributed by atoms with E-state index in [1.165, 1.54) is 4.57 Å². The van der Waals surface area contributed by atoms with Crippen molar-refractivity contribution < 1.29 is 28.5 Å². The standard InChI is InChI=1S/C33H32ClN3O6S/c1-44(41,42)31-35-28(34)25-17-18-37(29(25)36-31)30-33(40,21-24-15-9-4-10-16-24)32(39,20-23-13-7-3-8-14-23)27(43-30)26(38)19-22-11-5-2-6-12-22/h2-18,26-27,30,38-40H,19-21H2,1H3/t26?,27-,30-,32-,33-/m1/s1. The van der Waals surface area contributed by atoms with Crippen LogP contribution in [-0.2, 0) is 33.8 Å². The number of nitrogens with zero attached hydrogens (tertiary/aromatic N) is 3. The third kappa shape index (κ3) is 5.53. The molecule has 2 aromatic heterocycles. The topological polar surface area (TPSA) is 135 Å². The zero-order valence-electron chi connectivity index (χ0n) is 23.9. The van der Waals surface area contributed by atoms with Crippen molar-refractivity contribution in [3.05, 3.63) is 125 Å². The van der Waals surface area contributed by atoms with Crippen LogP contribution in [-0.4, -0.2) is 67.9 Å². The summed E-state index contributed by atoms with van der Waals surface area (Å²) in [6.07, 6.45) is -1.24. The molecule has 0 saturated carbocycles. The third-order valence-corrected chi connectivity index (χ3v) is 9.40. The molecule has 0 radical (unpaired) electrons. The number of aromatic nitrogens is 3. The highest BCUT2D eigenvalue weighted by Gasteiger charge is 2.67. The van der Waals surface area contributed by atoms with Crippen molar-refractivity contribution in [3.8, 4) is 0 Å². The lowest BCUT2D eigenvalue weighted by Gasteiger charge is -2.42. The van der Waals surface area contributed by atoms with Gasteiger partial charge in [0.05, 0.1) is 11.5 Å². The van der Waals surface area contributed by atoms with E-state index in [1.54, 1.807) is 12.3 Å². The Hall–Kier alpha value is -3.64. The number of rotatable bonds is 9. The molecule has 44 heavy (non-hydrogen) atoms. The zero-order chi connectivity index (χ0) is 31.1. The molecule has 228 valence electrons. The molecule has 3 aromatic carbocycles. The van der Waals surface area contributed by atoms with Gasteiger partial charge in [-0.2, -0.15) is 4.98 Å². The number of sulfone groups is 1. The van der Waals surface area contributed by atoms with Gasteiger partial charge in [0.15, 0.2) is 6.23 Å². The van der Waals surface area contributed by atoms with Crippen LogP contribution in [0.1, 0.15) is 22.9 Å². The summed E-state index contributed by atoms with van der Waals surface area (Å²) < 4.78 is 32.9. The number of benzene rings is 3. The van der Waals surface area contributed by atoms with Crippen LogP contribution in [0.5, 0.6) is 0 Å². The highest BCUT2D eigenvalue weighted by molar-refractivity contribution is 7.90. The molecule has 6 rings (SSSR count). The lowest BCUT2D eigenvalue weighted by molar-refractivity contribution is -0.160.